The number of rotatable bonds is 4. The first-order valence-electron chi connectivity index (χ1n) is 8.41. The number of aromatic nitrogens is 1. The maximum absolute atomic E-state index is 5.50. The lowest BCUT2D eigenvalue weighted by Gasteiger charge is -2.36. The Morgan fingerprint density at radius 3 is 2.21 bits per heavy atom. The van der Waals surface area contributed by atoms with Gasteiger partial charge in [0.05, 0.1) is 6.20 Å². The summed E-state index contributed by atoms with van der Waals surface area (Å²) in [5.41, 5.74) is 3.56. The van der Waals surface area contributed by atoms with Crippen molar-refractivity contribution >= 4 is 5.69 Å². The number of hydrogen-bond donors (Lipinski definition) is 0. The highest BCUT2D eigenvalue weighted by atomic mass is 16.5. The molecular weight excluding hydrogens is 298 g/mol. The van der Waals surface area contributed by atoms with Crippen LogP contribution in [0.15, 0.2) is 71.4 Å². The van der Waals surface area contributed by atoms with Crippen molar-refractivity contribution in [2.24, 2.45) is 0 Å². The molecule has 0 atom stereocenters. The molecule has 1 saturated heterocycles. The van der Waals surface area contributed by atoms with Gasteiger partial charge in [0.15, 0.2) is 5.76 Å². The van der Waals surface area contributed by atoms with E-state index in [0.717, 1.165) is 49.6 Å². The Kier molecular flexibility index (Phi) is 4.30. The van der Waals surface area contributed by atoms with E-state index in [1.54, 1.807) is 0 Å². The van der Waals surface area contributed by atoms with Crippen molar-refractivity contribution in [3.8, 4) is 11.3 Å². The van der Waals surface area contributed by atoms with Gasteiger partial charge in [0, 0.05) is 49.5 Å². The lowest BCUT2D eigenvalue weighted by Crippen LogP contribution is -2.45. The van der Waals surface area contributed by atoms with E-state index in [4.69, 9.17) is 4.52 Å². The fourth-order valence-corrected chi connectivity index (χ4v) is 3.24. The van der Waals surface area contributed by atoms with Crippen LogP contribution in [0.2, 0.25) is 0 Å². The topological polar surface area (TPSA) is 32.5 Å². The molecule has 4 nitrogen and oxygen atoms in total. The Bertz CT molecular complexity index is 762. The maximum Gasteiger partial charge on any atom is 0.171 e. The molecule has 2 heterocycles. The van der Waals surface area contributed by atoms with E-state index < -0.39 is 0 Å². The molecule has 2 aromatic carbocycles. The Morgan fingerprint density at radius 1 is 0.833 bits per heavy atom. The second-order valence-corrected chi connectivity index (χ2v) is 6.14. The molecule has 0 radical (unpaired) electrons. The number of piperazine rings is 1. The van der Waals surface area contributed by atoms with Crippen LogP contribution < -0.4 is 4.90 Å². The zero-order valence-corrected chi connectivity index (χ0v) is 13.6. The lowest BCUT2D eigenvalue weighted by atomic mass is 10.1. The van der Waals surface area contributed by atoms with E-state index in [1.807, 2.05) is 24.4 Å². The molecule has 1 aliphatic rings. The smallest absolute Gasteiger partial charge is 0.171 e. The molecule has 0 unspecified atom stereocenters. The predicted molar refractivity (Wildman–Crippen MR) is 95.9 cm³/mol. The monoisotopic (exact) mass is 319 g/mol. The van der Waals surface area contributed by atoms with Crippen LogP contribution in [0.1, 0.15) is 5.56 Å². The molecule has 0 amide bonds. The standard InChI is InChI=1S/C20H21N3O/c1-3-7-17(8-4-1)20-18(15-21-24-20)16-22-11-13-23(14-12-22)19-9-5-2-6-10-19/h1-10,15H,11-14,16H2. The van der Waals surface area contributed by atoms with Crippen molar-refractivity contribution in [1.29, 1.82) is 0 Å². The van der Waals surface area contributed by atoms with E-state index in [9.17, 15) is 0 Å². The van der Waals surface area contributed by atoms with Crippen molar-refractivity contribution in [2.75, 3.05) is 31.1 Å². The van der Waals surface area contributed by atoms with E-state index in [0.29, 0.717) is 0 Å². The molecule has 0 saturated carbocycles. The molecule has 24 heavy (non-hydrogen) atoms. The summed E-state index contributed by atoms with van der Waals surface area (Å²) in [5, 5.41) is 4.01. The normalized spacial score (nSPS) is 15.6. The summed E-state index contributed by atoms with van der Waals surface area (Å²) in [6.45, 7) is 5.09. The SMILES string of the molecule is c1ccc(-c2oncc2CN2CCN(c3ccccc3)CC2)cc1. The molecule has 0 bridgehead atoms. The van der Waals surface area contributed by atoms with Crippen molar-refractivity contribution in [2.45, 2.75) is 6.54 Å². The summed E-state index contributed by atoms with van der Waals surface area (Å²) in [4.78, 5) is 4.92. The van der Waals surface area contributed by atoms with Gasteiger partial charge < -0.3 is 9.42 Å². The summed E-state index contributed by atoms with van der Waals surface area (Å²) < 4.78 is 5.50. The number of anilines is 1. The number of hydrogen-bond acceptors (Lipinski definition) is 4. The zero-order valence-electron chi connectivity index (χ0n) is 13.6. The molecule has 3 aromatic rings. The summed E-state index contributed by atoms with van der Waals surface area (Å²) >= 11 is 0. The summed E-state index contributed by atoms with van der Waals surface area (Å²) in [7, 11) is 0. The molecule has 1 aliphatic heterocycles. The minimum absolute atomic E-state index is 0.885. The third-order valence-corrected chi connectivity index (χ3v) is 4.57. The molecule has 1 aromatic heterocycles. The highest BCUT2D eigenvalue weighted by molar-refractivity contribution is 5.60. The van der Waals surface area contributed by atoms with Gasteiger partial charge in [-0.15, -0.1) is 0 Å². The Hall–Kier alpha value is -2.59. The van der Waals surface area contributed by atoms with Crippen LogP contribution in [0.5, 0.6) is 0 Å². The van der Waals surface area contributed by atoms with Crippen LogP contribution in [0, 0.1) is 0 Å². The third kappa shape index (κ3) is 3.19. The quantitative estimate of drug-likeness (QED) is 0.734. The summed E-state index contributed by atoms with van der Waals surface area (Å²) in [5.74, 6) is 0.890. The van der Waals surface area contributed by atoms with E-state index >= 15 is 0 Å². The van der Waals surface area contributed by atoms with Gasteiger partial charge in [-0.25, -0.2) is 0 Å². The molecular formula is C20H21N3O. The third-order valence-electron chi connectivity index (χ3n) is 4.57. The summed E-state index contributed by atoms with van der Waals surface area (Å²) in [6, 6.07) is 20.8. The van der Waals surface area contributed by atoms with Crippen LogP contribution in [-0.2, 0) is 6.54 Å². The number of nitrogens with zero attached hydrogens (tertiary/aromatic N) is 3. The van der Waals surface area contributed by atoms with Gasteiger partial charge in [-0.2, -0.15) is 0 Å². The first-order valence-corrected chi connectivity index (χ1v) is 8.41. The van der Waals surface area contributed by atoms with Gasteiger partial charge in [-0.05, 0) is 12.1 Å². The van der Waals surface area contributed by atoms with Crippen molar-refractivity contribution in [1.82, 2.24) is 10.1 Å². The number of benzene rings is 2. The number of para-hydroxylation sites is 1. The van der Waals surface area contributed by atoms with E-state index in [1.165, 1.54) is 5.69 Å². The second-order valence-electron chi connectivity index (χ2n) is 6.14. The van der Waals surface area contributed by atoms with E-state index in [2.05, 4.69) is 57.4 Å². The Balaban J connectivity index is 1.41. The zero-order chi connectivity index (χ0) is 16.2. The van der Waals surface area contributed by atoms with Gasteiger partial charge in [0.2, 0.25) is 0 Å². The van der Waals surface area contributed by atoms with Crippen LogP contribution in [-0.4, -0.2) is 36.2 Å². The van der Waals surface area contributed by atoms with Crippen LogP contribution in [0.3, 0.4) is 0 Å². The van der Waals surface area contributed by atoms with Gasteiger partial charge in [-0.3, -0.25) is 4.90 Å². The van der Waals surface area contributed by atoms with E-state index in [-0.39, 0.29) is 0 Å². The van der Waals surface area contributed by atoms with Crippen molar-refractivity contribution in [3.05, 3.63) is 72.4 Å². The molecule has 4 rings (SSSR count). The fourth-order valence-electron chi connectivity index (χ4n) is 3.24. The predicted octanol–water partition coefficient (Wildman–Crippen LogP) is 3.66. The molecule has 0 N–H and O–H groups in total. The maximum atomic E-state index is 5.50. The average Bonchev–Trinajstić information content (AvgIpc) is 3.12. The van der Waals surface area contributed by atoms with Crippen LogP contribution in [0.4, 0.5) is 5.69 Å². The summed E-state index contributed by atoms with van der Waals surface area (Å²) in [6.07, 6.45) is 1.85. The lowest BCUT2D eigenvalue weighted by molar-refractivity contribution is 0.249. The first kappa shape index (κ1) is 15.0. The van der Waals surface area contributed by atoms with Crippen molar-refractivity contribution < 1.29 is 4.52 Å². The first-order chi connectivity index (χ1) is 11.9. The van der Waals surface area contributed by atoms with Gasteiger partial charge in [0.25, 0.3) is 0 Å². The molecule has 0 aliphatic carbocycles. The highest BCUT2D eigenvalue weighted by Gasteiger charge is 2.20. The molecule has 1 fully saturated rings. The molecule has 122 valence electrons. The second kappa shape index (κ2) is 6.89. The minimum Gasteiger partial charge on any atom is -0.369 e. The minimum atomic E-state index is 0.885. The van der Waals surface area contributed by atoms with Gasteiger partial charge >= 0.3 is 0 Å². The van der Waals surface area contributed by atoms with Crippen LogP contribution >= 0.6 is 0 Å². The molecule has 4 heteroatoms. The highest BCUT2D eigenvalue weighted by Crippen LogP contribution is 2.25. The van der Waals surface area contributed by atoms with Gasteiger partial charge in [0.1, 0.15) is 0 Å². The Labute approximate surface area is 142 Å². The van der Waals surface area contributed by atoms with Crippen LogP contribution in [0.25, 0.3) is 11.3 Å². The van der Waals surface area contributed by atoms with Crippen molar-refractivity contribution in [3.63, 3.8) is 0 Å². The van der Waals surface area contributed by atoms with Gasteiger partial charge in [-0.1, -0.05) is 53.7 Å². The average molecular weight is 319 g/mol. The fraction of sp³-hybridized carbons (Fsp3) is 0.250. The molecule has 0 spiro atoms. The largest absolute Gasteiger partial charge is 0.369 e. The Morgan fingerprint density at radius 2 is 1.50 bits per heavy atom.